The van der Waals surface area contributed by atoms with Crippen molar-refractivity contribution in [1.29, 1.82) is 0 Å². The smallest absolute Gasteiger partial charge is 0.256 e. The topological polar surface area (TPSA) is 68.9 Å². The van der Waals surface area contributed by atoms with E-state index in [9.17, 15) is 13.2 Å². The third-order valence-corrected chi connectivity index (χ3v) is 3.56. The number of halogens is 3. The lowest BCUT2D eigenvalue weighted by molar-refractivity contribution is -0.141. The van der Waals surface area contributed by atoms with Gasteiger partial charge in [0.15, 0.2) is 17.1 Å². The highest BCUT2D eigenvalue weighted by molar-refractivity contribution is 5.77. The van der Waals surface area contributed by atoms with Crippen molar-refractivity contribution in [3.63, 3.8) is 0 Å². The Morgan fingerprint density at radius 3 is 2.62 bits per heavy atom. The molecule has 0 amide bonds. The molecule has 24 heavy (non-hydrogen) atoms. The number of fused-ring (bicyclic) bond motifs is 3. The molecular formula is C15H9F3N6. The molecule has 0 aliphatic carbocycles. The predicted molar refractivity (Wildman–Crippen MR) is 79.1 cm³/mol. The molecule has 4 aromatic heterocycles. The Morgan fingerprint density at radius 2 is 1.83 bits per heavy atom. The van der Waals surface area contributed by atoms with E-state index in [0.717, 1.165) is 12.3 Å². The number of pyridine rings is 2. The van der Waals surface area contributed by atoms with Gasteiger partial charge < -0.3 is 0 Å². The minimum Gasteiger partial charge on any atom is -0.256 e. The third-order valence-electron chi connectivity index (χ3n) is 3.56. The second kappa shape index (κ2) is 4.95. The molecule has 4 aromatic rings. The van der Waals surface area contributed by atoms with Crippen LogP contribution in [0.2, 0.25) is 0 Å². The fraction of sp³-hybridized carbons (Fsp3) is 0.133. The summed E-state index contributed by atoms with van der Waals surface area (Å²) in [5.74, 6) is 0.257. The van der Waals surface area contributed by atoms with Gasteiger partial charge in [0.1, 0.15) is 11.2 Å². The number of hydrogen-bond acceptors (Lipinski definition) is 5. The lowest BCUT2D eigenvalue weighted by Gasteiger charge is -2.08. The highest BCUT2D eigenvalue weighted by Crippen LogP contribution is 2.30. The van der Waals surface area contributed by atoms with Crippen molar-refractivity contribution in [2.24, 2.45) is 0 Å². The Hall–Kier alpha value is -3.10. The molecule has 0 aliphatic heterocycles. The fourth-order valence-electron chi connectivity index (χ4n) is 2.51. The van der Waals surface area contributed by atoms with Crippen LogP contribution in [0.3, 0.4) is 0 Å². The summed E-state index contributed by atoms with van der Waals surface area (Å²) in [5, 5.41) is 8.08. The van der Waals surface area contributed by atoms with Crippen LogP contribution < -0.4 is 0 Å². The molecule has 0 radical (unpaired) electrons. The number of hydrogen-bond donors (Lipinski definition) is 0. The monoisotopic (exact) mass is 330 g/mol. The van der Waals surface area contributed by atoms with Crippen molar-refractivity contribution in [3.8, 4) is 11.4 Å². The maximum Gasteiger partial charge on any atom is 0.433 e. The first kappa shape index (κ1) is 14.5. The summed E-state index contributed by atoms with van der Waals surface area (Å²) in [6.07, 6.45) is -1.85. The molecule has 0 fully saturated rings. The molecule has 0 unspecified atom stereocenters. The summed E-state index contributed by atoms with van der Waals surface area (Å²) in [7, 11) is 0. The minimum absolute atomic E-state index is 0.252. The average Bonchev–Trinajstić information content (AvgIpc) is 3.00. The highest BCUT2D eigenvalue weighted by Gasteiger charge is 2.33. The quantitative estimate of drug-likeness (QED) is 0.536. The van der Waals surface area contributed by atoms with Crippen LogP contribution in [0.15, 0.2) is 36.7 Å². The largest absolute Gasteiger partial charge is 0.433 e. The van der Waals surface area contributed by atoms with Crippen LogP contribution in [0.1, 0.15) is 11.4 Å². The third kappa shape index (κ3) is 2.16. The lowest BCUT2D eigenvalue weighted by Crippen LogP contribution is -2.08. The standard InChI is InChI=1S/C15H9F3N6/c1-8-12-22-23-13(9-4-6-19-11(7-9)15(16,17)18)24(12)14-10(21-8)3-2-5-20-14/h2-7H,1H3. The molecule has 0 saturated carbocycles. The number of aromatic nitrogens is 6. The van der Waals surface area contributed by atoms with Gasteiger partial charge in [0.05, 0.1) is 5.69 Å². The molecule has 4 heterocycles. The number of alkyl halides is 3. The van der Waals surface area contributed by atoms with Crippen molar-refractivity contribution >= 4 is 16.8 Å². The summed E-state index contributed by atoms with van der Waals surface area (Å²) in [5.41, 5.74) is 1.40. The number of nitrogens with zero attached hydrogens (tertiary/aromatic N) is 6. The van der Waals surface area contributed by atoms with E-state index in [0.29, 0.717) is 22.5 Å². The van der Waals surface area contributed by atoms with Crippen molar-refractivity contribution in [2.45, 2.75) is 13.1 Å². The van der Waals surface area contributed by atoms with Gasteiger partial charge in [0.2, 0.25) is 0 Å². The van der Waals surface area contributed by atoms with Gasteiger partial charge in [-0.05, 0) is 31.2 Å². The molecule has 4 rings (SSSR count). The van der Waals surface area contributed by atoms with E-state index in [-0.39, 0.29) is 11.4 Å². The van der Waals surface area contributed by atoms with Crippen molar-refractivity contribution in [1.82, 2.24) is 29.5 Å². The second-order valence-electron chi connectivity index (χ2n) is 5.15. The van der Waals surface area contributed by atoms with E-state index < -0.39 is 11.9 Å². The molecule has 0 bridgehead atoms. The summed E-state index contributed by atoms with van der Waals surface area (Å²) in [6, 6.07) is 5.91. The van der Waals surface area contributed by atoms with Crippen LogP contribution in [0, 0.1) is 6.92 Å². The Kier molecular flexibility index (Phi) is 2.99. The van der Waals surface area contributed by atoms with E-state index in [2.05, 4.69) is 25.1 Å². The SMILES string of the molecule is Cc1nc2cccnc2n2c(-c3ccnc(C(F)(F)F)c3)nnc12. The zero-order valence-corrected chi connectivity index (χ0v) is 12.3. The molecule has 6 nitrogen and oxygen atoms in total. The second-order valence-corrected chi connectivity index (χ2v) is 5.15. The molecule has 0 saturated heterocycles. The van der Waals surface area contributed by atoms with E-state index >= 15 is 0 Å². The van der Waals surface area contributed by atoms with Gasteiger partial charge in [0.25, 0.3) is 0 Å². The molecule has 0 spiro atoms. The fourth-order valence-corrected chi connectivity index (χ4v) is 2.51. The first-order chi connectivity index (χ1) is 11.4. The van der Waals surface area contributed by atoms with Crippen LogP contribution >= 0.6 is 0 Å². The van der Waals surface area contributed by atoms with Gasteiger partial charge in [-0.2, -0.15) is 13.2 Å². The molecule has 0 N–H and O–H groups in total. The minimum atomic E-state index is -4.53. The summed E-state index contributed by atoms with van der Waals surface area (Å²) in [4.78, 5) is 12.0. The van der Waals surface area contributed by atoms with Gasteiger partial charge >= 0.3 is 6.18 Å². The van der Waals surface area contributed by atoms with Gasteiger partial charge in [-0.1, -0.05) is 0 Å². The van der Waals surface area contributed by atoms with Gasteiger partial charge in [0, 0.05) is 18.0 Å². The summed E-state index contributed by atoms with van der Waals surface area (Å²) in [6.45, 7) is 1.76. The lowest BCUT2D eigenvalue weighted by atomic mass is 10.2. The average molecular weight is 330 g/mol. The zero-order valence-electron chi connectivity index (χ0n) is 12.3. The van der Waals surface area contributed by atoms with Crippen molar-refractivity contribution in [3.05, 3.63) is 48.0 Å². The summed E-state index contributed by atoms with van der Waals surface area (Å²) >= 11 is 0. The van der Waals surface area contributed by atoms with Crippen LogP contribution in [0.25, 0.3) is 28.2 Å². The van der Waals surface area contributed by atoms with Crippen molar-refractivity contribution < 1.29 is 13.2 Å². The van der Waals surface area contributed by atoms with Crippen LogP contribution in [0.5, 0.6) is 0 Å². The predicted octanol–water partition coefficient (Wildman–Crippen LogP) is 3.06. The van der Waals surface area contributed by atoms with E-state index in [1.165, 1.54) is 6.07 Å². The first-order valence-corrected chi connectivity index (χ1v) is 6.95. The Morgan fingerprint density at radius 1 is 1.00 bits per heavy atom. The normalized spacial score (nSPS) is 12.2. The van der Waals surface area contributed by atoms with E-state index in [1.807, 2.05) is 0 Å². The number of rotatable bonds is 1. The van der Waals surface area contributed by atoms with E-state index in [1.54, 1.807) is 29.7 Å². The molecule has 120 valence electrons. The first-order valence-electron chi connectivity index (χ1n) is 6.95. The highest BCUT2D eigenvalue weighted by atomic mass is 19.4. The number of aryl methyl sites for hydroxylation is 1. The summed E-state index contributed by atoms with van der Waals surface area (Å²) < 4.78 is 40.3. The van der Waals surface area contributed by atoms with Crippen LogP contribution in [-0.2, 0) is 6.18 Å². The van der Waals surface area contributed by atoms with Gasteiger partial charge in [-0.3, -0.25) is 9.38 Å². The molecule has 0 aromatic carbocycles. The van der Waals surface area contributed by atoms with Gasteiger partial charge in [-0.25, -0.2) is 9.97 Å². The molecule has 0 atom stereocenters. The Balaban J connectivity index is 2.05. The van der Waals surface area contributed by atoms with Gasteiger partial charge in [-0.15, -0.1) is 10.2 Å². The Bertz CT molecular complexity index is 1070. The van der Waals surface area contributed by atoms with Crippen molar-refractivity contribution in [2.75, 3.05) is 0 Å². The molecule has 0 aliphatic rings. The maximum atomic E-state index is 12.9. The van der Waals surface area contributed by atoms with Crippen LogP contribution in [0.4, 0.5) is 13.2 Å². The maximum absolute atomic E-state index is 12.9. The van der Waals surface area contributed by atoms with Crippen LogP contribution in [-0.4, -0.2) is 29.5 Å². The zero-order chi connectivity index (χ0) is 16.9. The molecular weight excluding hydrogens is 321 g/mol. The Labute approximate surface area is 133 Å². The molecule has 9 heteroatoms. The van der Waals surface area contributed by atoms with E-state index in [4.69, 9.17) is 0 Å².